The van der Waals surface area contributed by atoms with Crippen molar-refractivity contribution >= 4 is 17.5 Å². The van der Waals surface area contributed by atoms with Crippen LogP contribution in [0.1, 0.15) is 55.9 Å². The van der Waals surface area contributed by atoms with Crippen LogP contribution in [0.3, 0.4) is 0 Å². The zero-order valence-corrected chi connectivity index (χ0v) is 20.3. The van der Waals surface area contributed by atoms with Crippen LogP contribution in [0.5, 0.6) is 17.2 Å². The minimum atomic E-state index is -0.697. The zero-order chi connectivity index (χ0) is 25.3. The van der Waals surface area contributed by atoms with E-state index >= 15 is 0 Å². The van der Waals surface area contributed by atoms with E-state index in [1.807, 2.05) is 6.07 Å². The number of nitrogens with zero attached hydrogens (tertiary/aromatic N) is 1. The van der Waals surface area contributed by atoms with Gasteiger partial charge in [0, 0.05) is 49.2 Å². The van der Waals surface area contributed by atoms with Crippen molar-refractivity contribution in [3.8, 4) is 17.2 Å². The molecule has 7 heteroatoms. The Labute approximate surface area is 209 Å². The molecule has 3 aromatic carbocycles. The van der Waals surface area contributed by atoms with Crippen molar-refractivity contribution in [3.63, 3.8) is 0 Å². The van der Waals surface area contributed by atoms with Crippen molar-refractivity contribution in [2.24, 2.45) is 0 Å². The second-order valence-electron chi connectivity index (χ2n) is 9.12. The number of piperidine rings is 1. The molecule has 2 heterocycles. The number of Topliss-reactive ketones (excluding diaryl/α,β-unsaturated/α-hetero) is 1. The molecule has 5 rings (SSSR count). The minimum Gasteiger partial charge on any atom is -0.496 e. The second-order valence-corrected chi connectivity index (χ2v) is 9.12. The summed E-state index contributed by atoms with van der Waals surface area (Å²) < 4.78 is 17.1. The van der Waals surface area contributed by atoms with Gasteiger partial charge in [-0.05, 0) is 6.07 Å². The highest BCUT2D eigenvalue weighted by molar-refractivity contribution is 6.15. The van der Waals surface area contributed by atoms with Crippen LogP contribution in [-0.2, 0) is 0 Å². The van der Waals surface area contributed by atoms with Crippen LogP contribution >= 0.6 is 0 Å². The maximum atomic E-state index is 13.5. The number of ketones is 2. The topological polar surface area (TPSA) is 82.1 Å². The highest BCUT2D eigenvalue weighted by Crippen LogP contribution is 2.44. The molecule has 0 N–H and O–H groups in total. The number of amides is 1. The fourth-order valence-electron chi connectivity index (χ4n) is 5.03. The third kappa shape index (κ3) is 4.21. The van der Waals surface area contributed by atoms with Gasteiger partial charge in [-0.15, -0.1) is 0 Å². The van der Waals surface area contributed by atoms with Crippen LogP contribution in [0.25, 0.3) is 0 Å². The monoisotopic (exact) mass is 485 g/mol. The molecule has 0 atom stereocenters. The number of methoxy groups -OCH3 is 2. The van der Waals surface area contributed by atoms with Gasteiger partial charge in [0.15, 0.2) is 11.6 Å². The first kappa shape index (κ1) is 23.6. The largest absolute Gasteiger partial charge is 0.496 e. The molecule has 0 saturated carbocycles. The van der Waals surface area contributed by atoms with Gasteiger partial charge in [0.1, 0.15) is 28.4 Å². The SMILES string of the molecule is COc1cc(OC)c2c(c1)OC1(CCN(C(=O)c3ccccc3C(=O)c3ccccc3)CC1)CC2=O. The lowest BCUT2D eigenvalue weighted by molar-refractivity contribution is -0.00615. The predicted octanol–water partition coefficient (Wildman–Crippen LogP) is 4.58. The Balaban J connectivity index is 1.35. The first-order valence-corrected chi connectivity index (χ1v) is 11.9. The summed E-state index contributed by atoms with van der Waals surface area (Å²) in [5.74, 6) is 0.985. The van der Waals surface area contributed by atoms with Crippen LogP contribution in [-0.4, -0.2) is 55.3 Å². The Bertz CT molecular complexity index is 1320. The Morgan fingerprint density at radius 3 is 2.22 bits per heavy atom. The number of fused-ring (bicyclic) bond motifs is 1. The number of rotatable bonds is 5. The summed E-state index contributed by atoms with van der Waals surface area (Å²) in [6, 6.07) is 19.2. The fraction of sp³-hybridized carbons (Fsp3) is 0.276. The summed E-state index contributed by atoms with van der Waals surface area (Å²) in [4.78, 5) is 41.4. The van der Waals surface area contributed by atoms with Crippen molar-refractivity contribution < 1.29 is 28.6 Å². The van der Waals surface area contributed by atoms with Gasteiger partial charge in [-0.3, -0.25) is 14.4 Å². The van der Waals surface area contributed by atoms with Crippen LogP contribution in [0.2, 0.25) is 0 Å². The number of carbonyl (C=O) groups excluding carboxylic acids is 3. The van der Waals surface area contributed by atoms with Gasteiger partial charge in [-0.1, -0.05) is 48.5 Å². The van der Waals surface area contributed by atoms with E-state index in [-0.39, 0.29) is 23.9 Å². The zero-order valence-electron chi connectivity index (χ0n) is 20.3. The smallest absolute Gasteiger partial charge is 0.254 e. The molecule has 184 valence electrons. The van der Waals surface area contributed by atoms with Crippen molar-refractivity contribution in [1.82, 2.24) is 4.90 Å². The van der Waals surface area contributed by atoms with E-state index in [1.165, 1.54) is 7.11 Å². The van der Waals surface area contributed by atoms with Crippen molar-refractivity contribution in [2.45, 2.75) is 24.9 Å². The number of hydrogen-bond acceptors (Lipinski definition) is 6. The molecule has 1 fully saturated rings. The van der Waals surface area contributed by atoms with Crippen LogP contribution in [0, 0.1) is 0 Å². The molecule has 0 aromatic heterocycles. The third-order valence-corrected chi connectivity index (χ3v) is 6.98. The molecular formula is C29H27NO6. The van der Waals surface area contributed by atoms with E-state index in [1.54, 1.807) is 72.7 Å². The Kier molecular flexibility index (Phi) is 6.22. The molecule has 0 bridgehead atoms. The fourth-order valence-corrected chi connectivity index (χ4v) is 5.03. The molecule has 0 aliphatic carbocycles. The van der Waals surface area contributed by atoms with Gasteiger partial charge >= 0.3 is 0 Å². The Hall–Kier alpha value is -4.13. The molecule has 2 aliphatic heterocycles. The van der Waals surface area contributed by atoms with E-state index < -0.39 is 5.60 Å². The highest BCUT2D eigenvalue weighted by Gasteiger charge is 2.45. The number of carbonyl (C=O) groups is 3. The molecular weight excluding hydrogens is 458 g/mol. The van der Waals surface area contributed by atoms with Crippen molar-refractivity contribution in [3.05, 3.63) is 89.0 Å². The summed E-state index contributed by atoms with van der Waals surface area (Å²) in [6.07, 6.45) is 1.21. The van der Waals surface area contributed by atoms with E-state index in [9.17, 15) is 14.4 Å². The molecule has 0 radical (unpaired) electrons. The van der Waals surface area contributed by atoms with E-state index in [0.717, 1.165) is 0 Å². The first-order chi connectivity index (χ1) is 17.4. The molecule has 1 amide bonds. The lowest BCUT2D eigenvalue weighted by Crippen LogP contribution is -2.52. The van der Waals surface area contributed by atoms with Gasteiger partial charge in [0.25, 0.3) is 5.91 Å². The van der Waals surface area contributed by atoms with Crippen molar-refractivity contribution in [1.29, 1.82) is 0 Å². The van der Waals surface area contributed by atoms with Crippen molar-refractivity contribution in [2.75, 3.05) is 27.3 Å². The number of likely N-dealkylation sites (tertiary alicyclic amines) is 1. The summed E-state index contributed by atoms with van der Waals surface area (Å²) in [5.41, 5.74) is 1.02. The van der Waals surface area contributed by atoms with E-state index in [4.69, 9.17) is 14.2 Å². The molecule has 0 unspecified atom stereocenters. The molecule has 1 spiro atoms. The van der Waals surface area contributed by atoms with Crippen LogP contribution in [0.15, 0.2) is 66.7 Å². The summed E-state index contributed by atoms with van der Waals surface area (Å²) in [5, 5.41) is 0. The van der Waals surface area contributed by atoms with Gasteiger partial charge in [0.05, 0.1) is 26.2 Å². The Morgan fingerprint density at radius 1 is 0.889 bits per heavy atom. The maximum absolute atomic E-state index is 13.5. The lowest BCUT2D eigenvalue weighted by Gasteiger charge is -2.44. The quantitative estimate of drug-likeness (QED) is 0.492. The van der Waals surface area contributed by atoms with Gasteiger partial charge in [0.2, 0.25) is 0 Å². The molecule has 1 saturated heterocycles. The van der Waals surface area contributed by atoms with Gasteiger partial charge in [-0.25, -0.2) is 0 Å². The van der Waals surface area contributed by atoms with E-state index in [2.05, 4.69) is 0 Å². The minimum absolute atomic E-state index is 0.0469. The molecule has 36 heavy (non-hydrogen) atoms. The predicted molar refractivity (Wildman–Crippen MR) is 133 cm³/mol. The lowest BCUT2D eigenvalue weighted by atomic mass is 9.82. The summed E-state index contributed by atoms with van der Waals surface area (Å²) in [7, 11) is 3.06. The maximum Gasteiger partial charge on any atom is 0.254 e. The van der Waals surface area contributed by atoms with Gasteiger partial charge in [-0.2, -0.15) is 0 Å². The van der Waals surface area contributed by atoms with E-state index in [0.29, 0.717) is 65.4 Å². The normalized spacial score (nSPS) is 16.2. The summed E-state index contributed by atoms with van der Waals surface area (Å²) in [6.45, 7) is 0.826. The third-order valence-electron chi connectivity index (χ3n) is 6.98. The molecule has 7 nitrogen and oxygen atoms in total. The Morgan fingerprint density at radius 2 is 1.56 bits per heavy atom. The number of hydrogen-bond donors (Lipinski definition) is 0. The molecule has 3 aromatic rings. The highest BCUT2D eigenvalue weighted by atomic mass is 16.5. The van der Waals surface area contributed by atoms with Crippen LogP contribution < -0.4 is 14.2 Å². The second kappa shape index (κ2) is 9.49. The van der Waals surface area contributed by atoms with Gasteiger partial charge < -0.3 is 19.1 Å². The standard InChI is InChI=1S/C29H27NO6/c1-34-20-16-24(35-2)26-23(31)18-29(36-25(26)17-20)12-14-30(15-13-29)28(33)22-11-7-6-10-21(22)27(32)19-8-4-3-5-9-19/h3-11,16-17H,12-15,18H2,1-2H3. The summed E-state index contributed by atoms with van der Waals surface area (Å²) >= 11 is 0. The average molecular weight is 486 g/mol. The number of benzene rings is 3. The molecule has 2 aliphatic rings. The number of ether oxygens (including phenoxy) is 3. The first-order valence-electron chi connectivity index (χ1n) is 11.9. The average Bonchev–Trinajstić information content (AvgIpc) is 2.92. The van der Waals surface area contributed by atoms with Crippen LogP contribution in [0.4, 0.5) is 0 Å².